The van der Waals surface area contributed by atoms with Gasteiger partial charge in [0.15, 0.2) is 0 Å². The summed E-state index contributed by atoms with van der Waals surface area (Å²) < 4.78 is 14.0. The summed E-state index contributed by atoms with van der Waals surface area (Å²) >= 11 is 0. The topological polar surface area (TPSA) is 51.8 Å². The molecular formula is C18H16FN3. The van der Waals surface area contributed by atoms with Gasteiger partial charge in [0.2, 0.25) is 5.95 Å². The maximum atomic E-state index is 14.0. The molecule has 0 unspecified atom stereocenters. The van der Waals surface area contributed by atoms with Gasteiger partial charge in [-0.15, -0.1) is 0 Å². The van der Waals surface area contributed by atoms with Crippen LogP contribution in [0.4, 0.5) is 10.3 Å². The molecular weight excluding hydrogens is 277 g/mol. The maximum absolute atomic E-state index is 14.0. The van der Waals surface area contributed by atoms with Crippen LogP contribution >= 0.6 is 0 Å². The van der Waals surface area contributed by atoms with Gasteiger partial charge in [0.25, 0.3) is 0 Å². The van der Waals surface area contributed by atoms with E-state index in [9.17, 15) is 4.39 Å². The minimum Gasteiger partial charge on any atom is -0.368 e. The van der Waals surface area contributed by atoms with Crippen molar-refractivity contribution < 1.29 is 4.39 Å². The summed E-state index contributed by atoms with van der Waals surface area (Å²) in [5.74, 6) is 0.546. The summed E-state index contributed by atoms with van der Waals surface area (Å²) in [4.78, 5) is 8.74. The maximum Gasteiger partial charge on any atom is 0.220 e. The normalized spacial score (nSPS) is 15.0. The fourth-order valence-electron chi connectivity index (χ4n) is 3.02. The quantitative estimate of drug-likeness (QED) is 0.767. The van der Waals surface area contributed by atoms with Gasteiger partial charge < -0.3 is 5.73 Å². The third-order valence-corrected chi connectivity index (χ3v) is 4.43. The Hall–Kier alpha value is -2.49. The Morgan fingerprint density at radius 1 is 1.00 bits per heavy atom. The monoisotopic (exact) mass is 293 g/mol. The zero-order valence-corrected chi connectivity index (χ0v) is 12.1. The molecule has 3 nitrogen and oxygen atoms in total. The molecule has 1 fully saturated rings. The van der Waals surface area contributed by atoms with Crippen LogP contribution in [0.5, 0.6) is 0 Å². The molecule has 0 atom stereocenters. The Labute approximate surface area is 128 Å². The summed E-state index contributed by atoms with van der Waals surface area (Å²) in [6.07, 6.45) is 3.55. The third kappa shape index (κ3) is 2.11. The van der Waals surface area contributed by atoms with Crippen LogP contribution in [0, 0.1) is 5.82 Å². The molecule has 1 saturated carbocycles. The van der Waals surface area contributed by atoms with Gasteiger partial charge in [-0.25, -0.2) is 14.4 Å². The number of rotatable bonds is 2. The SMILES string of the molecule is Nc1nc(-c2ccc(F)c3ccccc23)cc(C2CCC2)n1. The molecule has 0 radical (unpaired) electrons. The lowest BCUT2D eigenvalue weighted by atomic mass is 9.82. The van der Waals surface area contributed by atoms with E-state index in [1.807, 2.05) is 24.3 Å². The highest BCUT2D eigenvalue weighted by molar-refractivity contribution is 5.96. The summed E-state index contributed by atoms with van der Waals surface area (Å²) in [5.41, 5.74) is 8.56. The Balaban J connectivity index is 1.92. The van der Waals surface area contributed by atoms with E-state index >= 15 is 0 Å². The zero-order valence-electron chi connectivity index (χ0n) is 12.1. The number of hydrogen-bond acceptors (Lipinski definition) is 3. The third-order valence-electron chi connectivity index (χ3n) is 4.43. The molecule has 3 aromatic rings. The first-order valence-corrected chi connectivity index (χ1v) is 7.54. The number of nitrogens with zero attached hydrogens (tertiary/aromatic N) is 2. The molecule has 1 heterocycles. The molecule has 1 aliphatic rings. The van der Waals surface area contributed by atoms with Gasteiger partial charge in [-0.2, -0.15) is 0 Å². The van der Waals surface area contributed by atoms with Crippen molar-refractivity contribution in [2.75, 3.05) is 5.73 Å². The molecule has 0 aliphatic heterocycles. The first-order valence-electron chi connectivity index (χ1n) is 7.54. The molecule has 2 aromatic carbocycles. The molecule has 1 aromatic heterocycles. The van der Waals surface area contributed by atoms with E-state index in [0.717, 1.165) is 35.2 Å². The van der Waals surface area contributed by atoms with Crippen molar-refractivity contribution in [3.63, 3.8) is 0 Å². The van der Waals surface area contributed by atoms with Crippen molar-refractivity contribution in [2.45, 2.75) is 25.2 Å². The van der Waals surface area contributed by atoms with Crippen LogP contribution in [0.15, 0.2) is 42.5 Å². The standard InChI is InChI=1S/C18H16FN3/c19-15-9-8-14(12-6-1-2-7-13(12)15)17-10-16(11-4-3-5-11)21-18(20)22-17/h1-2,6-11H,3-5H2,(H2,20,21,22). The van der Waals surface area contributed by atoms with Crippen molar-refractivity contribution in [2.24, 2.45) is 0 Å². The lowest BCUT2D eigenvalue weighted by Crippen LogP contribution is -2.12. The van der Waals surface area contributed by atoms with Crippen LogP contribution in [0.3, 0.4) is 0 Å². The fourth-order valence-corrected chi connectivity index (χ4v) is 3.02. The van der Waals surface area contributed by atoms with Crippen LogP contribution < -0.4 is 5.73 Å². The minimum atomic E-state index is -0.222. The largest absolute Gasteiger partial charge is 0.368 e. The second-order valence-electron chi connectivity index (χ2n) is 5.80. The number of hydrogen-bond donors (Lipinski definition) is 1. The lowest BCUT2D eigenvalue weighted by molar-refractivity contribution is 0.411. The molecule has 4 heteroatoms. The first kappa shape index (κ1) is 13.2. The molecule has 0 bridgehead atoms. The molecule has 0 spiro atoms. The van der Waals surface area contributed by atoms with E-state index in [4.69, 9.17) is 5.73 Å². The number of anilines is 1. The highest BCUT2D eigenvalue weighted by Crippen LogP contribution is 2.37. The van der Waals surface area contributed by atoms with E-state index in [0.29, 0.717) is 11.3 Å². The Kier molecular flexibility index (Phi) is 3.03. The van der Waals surface area contributed by atoms with E-state index in [-0.39, 0.29) is 11.8 Å². The molecule has 4 rings (SSSR count). The van der Waals surface area contributed by atoms with Gasteiger partial charge in [0.1, 0.15) is 5.82 Å². The molecule has 22 heavy (non-hydrogen) atoms. The van der Waals surface area contributed by atoms with E-state index < -0.39 is 0 Å². The highest BCUT2D eigenvalue weighted by Gasteiger charge is 2.22. The minimum absolute atomic E-state index is 0.222. The van der Waals surface area contributed by atoms with Gasteiger partial charge in [-0.1, -0.05) is 30.7 Å². The van der Waals surface area contributed by atoms with Gasteiger partial charge in [-0.05, 0) is 36.4 Å². The van der Waals surface area contributed by atoms with E-state index in [1.54, 1.807) is 12.1 Å². The van der Waals surface area contributed by atoms with Crippen LogP contribution in [0.25, 0.3) is 22.0 Å². The molecule has 1 aliphatic carbocycles. The average molecular weight is 293 g/mol. The number of aromatic nitrogens is 2. The van der Waals surface area contributed by atoms with Crippen molar-refractivity contribution >= 4 is 16.7 Å². The average Bonchev–Trinajstić information content (AvgIpc) is 2.45. The summed E-state index contributed by atoms with van der Waals surface area (Å²) in [5, 5.41) is 1.45. The van der Waals surface area contributed by atoms with E-state index in [2.05, 4.69) is 9.97 Å². The van der Waals surface area contributed by atoms with Crippen molar-refractivity contribution in [1.82, 2.24) is 9.97 Å². The number of fused-ring (bicyclic) bond motifs is 1. The van der Waals surface area contributed by atoms with Crippen molar-refractivity contribution in [3.8, 4) is 11.3 Å². The Morgan fingerprint density at radius 3 is 2.50 bits per heavy atom. The van der Waals surface area contributed by atoms with Crippen LogP contribution in [-0.2, 0) is 0 Å². The second-order valence-corrected chi connectivity index (χ2v) is 5.80. The lowest BCUT2D eigenvalue weighted by Gasteiger charge is -2.25. The van der Waals surface area contributed by atoms with Gasteiger partial charge >= 0.3 is 0 Å². The van der Waals surface area contributed by atoms with Crippen molar-refractivity contribution in [3.05, 3.63) is 54.0 Å². The summed E-state index contributed by atoms with van der Waals surface area (Å²) in [6.45, 7) is 0. The highest BCUT2D eigenvalue weighted by atomic mass is 19.1. The molecule has 0 amide bonds. The summed E-state index contributed by atoms with van der Waals surface area (Å²) in [7, 11) is 0. The van der Waals surface area contributed by atoms with Crippen LogP contribution in [0.1, 0.15) is 30.9 Å². The number of nitrogens with two attached hydrogens (primary N) is 1. The van der Waals surface area contributed by atoms with Gasteiger partial charge in [0.05, 0.1) is 5.69 Å². The predicted octanol–water partition coefficient (Wildman–Crippen LogP) is 4.29. The first-order chi connectivity index (χ1) is 10.7. The zero-order chi connectivity index (χ0) is 15.1. The van der Waals surface area contributed by atoms with Crippen molar-refractivity contribution in [1.29, 1.82) is 0 Å². The smallest absolute Gasteiger partial charge is 0.220 e. The number of halogens is 1. The number of nitrogen functional groups attached to an aromatic ring is 1. The Bertz CT molecular complexity index is 856. The molecule has 110 valence electrons. The molecule has 0 saturated heterocycles. The molecule has 2 N–H and O–H groups in total. The fraction of sp³-hybridized carbons (Fsp3) is 0.222. The van der Waals surface area contributed by atoms with Crippen LogP contribution in [0.2, 0.25) is 0 Å². The van der Waals surface area contributed by atoms with Crippen LogP contribution in [-0.4, -0.2) is 9.97 Å². The number of benzene rings is 2. The van der Waals surface area contributed by atoms with Gasteiger partial charge in [0, 0.05) is 22.6 Å². The Morgan fingerprint density at radius 2 is 1.77 bits per heavy atom. The summed E-state index contributed by atoms with van der Waals surface area (Å²) in [6, 6.07) is 12.7. The van der Waals surface area contributed by atoms with Gasteiger partial charge in [-0.3, -0.25) is 0 Å². The second kappa shape index (κ2) is 5.05. The van der Waals surface area contributed by atoms with E-state index in [1.165, 1.54) is 12.5 Å². The predicted molar refractivity (Wildman–Crippen MR) is 85.9 cm³/mol.